The van der Waals surface area contributed by atoms with Gasteiger partial charge in [0.05, 0.1) is 6.04 Å². The summed E-state index contributed by atoms with van der Waals surface area (Å²) in [6, 6.07) is 5.28. The van der Waals surface area contributed by atoms with Crippen LogP contribution < -0.4 is 16.4 Å². The van der Waals surface area contributed by atoms with Gasteiger partial charge in [-0.3, -0.25) is 19.2 Å². The fourth-order valence-corrected chi connectivity index (χ4v) is 7.01. The van der Waals surface area contributed by atoms with Crippen LogP contribution in [0.4, 0.5) is 4.79 Å². The summed E-state index contributed by atoms with van der Waals surface area (Å²) in [7, 11) is 0. The van der Waals surface area contributed by atoms with Crippen molar-refractivity contribution in [1.82, 2.24) is 15.5 Å². The van der Waals surface area contributed by atoms with E-state index in [2.05, 4.69) is 24.5 Å². The summed E-state index contributed by atoms with van der Waals surface area (Å²) < 4.78 is 5.59. The number of Topliss-reactive ketones (excluding diaryl/α,β-unsaturated/α-hetero) is 1. The second kappa shape index (κ2) is 11.3. The SMILES string of the molecule is CC(C)[C@@H](C)OC(=O)N[C@H](C(=O)N1C[C@H]2[C@@H]([C@H]1C(=O)N[C@@H](CC1CC1)C(=O)C(N)=O)C2(C)C)C1Cc2ccccc2C1. The number of carbonyl (C=O) groups is 5. The number of alkyl carbamates (subject to hydrolysis) is 1. The largest absolute Gasteiger partial charge is 0.446 e. The molecule has 10 heteroatoms. The minimum Gasteiger partial charge on any atom is -0.446 e. The monoisotopic (exact) mass is 580 g/mol. The molecule has 0 radical (unpaired) electrons. The van der Waals surface area contributed by atoms with E-state index < -0.39 is 41.8 Å². The molecule has 3 aliphatic carbocycles. The van der Waals surface area contributed by atoms with Crippen molar-refractivity contribution >= 4 is 29.6 Å². The zero-order valence-electron chi connectivity index (χ0n) is 25.2. The molecule has 4 amide bonds. The lowest BCUT2D eigenvalue weighted by atomic mass is 9.93. The van der Waals surface area contributed by atoms with Gasteiger partial charge in [-0.15, -0.1) is 0 Å². The number of likely N-dealkylation sites (tertiary alicyclic amines) is 1. The Morgan fingerprint density at radius 3 is 2.19 bits per heavy atom. The lowest BCUT2D eigenvalue weighted by molar-refractivity contribution is -0.144. The predicted molar refractivity (Wildman–Crippen MR) is 155 cm³/mol. The van der Waals surface area contributed by atoms with Crippen LogP contribution in [0.25, 0.3) is 0 Å². The Morgan fingerprint density at radius 2 is 1.64 bits per heavy atom. The Labute approximate surface area is 247 Å². The third-order valence-corrected chi connectivity index (χ3v) is 10.2. The minimum atomic E-state index is -1.08. The fraction of sp³-hybridized carbons (Fsp3) is 0.656. The van der Waals surface area contributed by atoms with Crippen LogP contribution in [-0.2, 0) is 36.8 Å². The van der Waals surface area contributed by atoms with Gasteiger partial charge in [0.2, 0.25) is 17.6 Å². The molecule has 1 aromatic carbocycles. The normalized spacial score (nSPS) is 26.0. The number of ketones is 1. The van der Waals surface area contributed by atoms with Crippen molar-refractivity contribution in [3.05, 3.63) is 35.4 Å². The van der Waals surface area contributed by atoms with Gasteiger partial charge in [-0.1, -0.05) is 64.8 Å². The van der Waals surface area contributed by atoms with Crippen molar-refractivity contribution in [1.29, 1.82) is 0 Å². The summed E-state index contributed by atoms with van der Waals surface area (Å²) in [5.74, 6) is -2.50. The van der Waals surface area contributed by atoms with Crippen LogP contribution in [0.1, 0.15) is 65.0 Å². The zero-order chi connectivity index (χ0) is 30.5. The fourth-order valence-electron chi connectivity index (χ4n) is 7.01. The maximum atomic E-state index is 14.4. The number of nitrogens with two attached hydrogens (primary N) is 1. The molecule has 1 saturated heterocycles. The average Bonchev–Trinajstić information content (AvgIpc) is 3.68. The molecule has 1 aliphatic heterocycles. The van der Waals surface area contributed by atoms with E-state index in [-0.39, 0.29) is 47.0 Å². The molecule has 42 heavy (non-hydrogen) atoms. The molecular formula is C32H44N4O6. The highest BCUT2D eigenvalue weighted by molar-refractivity contribution is 6.37. The topological polar surface area (TPSA) is 148 Å². The van der Waals surface area contributed by atoms with E-state index in [4.69, 9.17) is 10.5 Å². The molecule has 1 heterocycles. The maximum absolute atomic E-state index is 14.4. The van der Waals surface area contributed by atoms with Gasteiger partial charge in [0, 0.05) is 6.54 Å². The first-order chi connectivity index (χ1) is 19.8. The molecular weight excluding hydrogens is 536 g/mol. The van der Waals surface area contributed by atoms with Gasteiger partial charge in [0.15, 0.2) is 0 Å². The average molecular weight is 581 g/mol. The quantitative estimate of drug-likeness (QED) is 0.342. The molecule has 0 bridgehead atoms. The van der Waals surface area contributed by atoms with Crippen LogP contribution >= 0.6 is 0 Å². The van der Waals surface area contributed by atoms with E-state index in [0.717, 1.165) is 24.0 Å². The number of primary amides is 1. The highest BCUT2D eigenvalue weighted by atomic mass is 16.6. The number of fused-ring (bicyclic) bond motifs is 2. The van der Waals surface area contributed by atoms with E-state index >= 15 is 0 Å². The predicted octanol–water partition coefficient (Wildman–Crippen LogP) is 2.36. The summed E-state index contributed by atoms with van der Waals surface area (Å²) in [4.78, 5) is 67.2. The highest BCUT2D eigenvalue weighted by Crippen LogP contribution is 2.65. The number of piperidine rings is 1. The summed E-state index contributed by atoms with van der Waals surface area (Å²) in [6.07, 6.45) is 2.47. The van der Waals surface area contributed by atoms with E-state index in [1.807, 2.05) is 45.0 Å². The molecule has 228 valence electrons. The smallest absolute Gasteiger partial charge is 0.408 e. The molecule has 1 aromatic rings. The molecule has 0 spiro atoms. The maximum Gasteiger partial charge on any atom is 0.408 e. The molecule has 6 atom stereocenters. The van der Waals surface area contributed by atoms with Gasteiger partial charge < -0.3 is 26.0 Å². The third kappa shape index (κ3) is 5.90. The number of nitrogens with zero attached hydrogens (tertiary/aromatic N) is 1. The summed E-state index contributed by atoms with van der Waals surface area (Å²) in [5.41, 5.74) is 7.42. The lowest BCUT2D eigenvalue weighted by Gasteiger charge is -2.35. The van der Waals surface area contributed by atoms with Gasteiger partial charge in [-0.25, -0.2) is 4.79 Å². The molecule has 5 rings (SSSR count). The molecule has 4 N–H and O–H groups in total. The number of carbonyl (C=O) groups excluding carboxylic acids is 5. The molecule has 10 nitrogen and oxygen atoms in total. The van der Waals surface area contributed by atoms with Crippen LogP contribution in [0.15, 0.2) is 24.3 Å². The van der Waals surface area contributed by atoms with Gasteiger partial charge in [0.1, 0.15) is 18.2 Å². The Hall–Kier alpha value is -3.43. The molecule has 0 aromatic heterocycles. The lowest BCUT2D eigenvalue weighted by Crippen LogP contribution is -2.59. The Balaban J connectivity index is 1.39. The van der Waals surface area contributed by atoms with Crippen molar-refractivity contribution < 1.29 is 28.7 Å². The number of hydrogen-bond donors (Lipinski definition) is 3. The van der Waals surface area contributed by atoms with Crippen molar-refractivity contribution in [2.45, 2.75) is 91.0 Å². The number of nitrogens with one attached hydrogen (secondary N) is 2. The minimum absolute atomic E-state index is 0.0963. The zero-order valence-corrected chi connectivity index (χ0v) is 25.2. The number of hydrogen-bond acceptors (Lipinski definition) is 6. The van der Waals surface area contributed by atoms with Crippen molar-refractivity contribution in [2.75, 3.05) is 6.54 Å². The highest BCUT2D eigenvalue weighted by Gasteiger charge is 2.69. The standard InChI is InChI=1S/C32H44N4O6/c1-16(2)17(3)42-31(41)35-25(21-13-19-8-6-7-9-20(19)14-21)30(40)36-15-22-24(32(22,4)5)26(36)29(39)34-23(12-18-10-11-18)27(37)28(33)38/h6-9,16-18,21-26H,10-15H2,1-5H3,(H2,33,38)(H,34,39)(H,35,41)/t17-,22+,23+,24+,25+,26+/m1/s1. The summed E-state index contributed by atoms with van der Waals surface area (Å²) in [6.45, 7) is 10.3. The van der Waals surface area contributed by atoms with Crippen LogP contribution in [-0.4, -0.2) is 65.3 Å². The van der Waals surface area contributed by atoms with Gasteiger partial charge in [-0.05, 0) is 72.3 Å². The number of benzene rings is 1. The van der Waals surface area contributed by atoms with Crippen LogP contribution in [0, 0.1) is 35.0 Å². The number of rotatable bonds is 11. The van der Waals surface area contributed by atoms with Crippen molar-refractivity contribution in [3.8, 4) is 0 Å². The Morgan fingerprint density at radius 1 is 1.02 bits per heavy atom. The van der Waals surface area contributed by atoms with E-state index in [9.17, 15) is 24.0 Å². The first-order valence-electron chi connectivity index (χ1n) is 15.3. The van der Waals surface area contributed by atoms with Gasteiger partial charge in [0.25, 0.3) is 5.91 Å². The third-order valence-electron chi connectivity index (χ3n) is 10.2. The van der Waals surface area contributed by atoms with Gasteiger partial charge in [-0.2, -0.15) is 0 Å². The first kappa shape index (κ1) is 30.0. The van der Waals surface area contributed by atoms with Crippen LogP contribution in [0.3, 0.4) is 0 Å². The van der Waals surface area contributed by atoms with Crippen LogP contribution in [0.2, 0.25) is 0 Å². The van der Waals surface area contributed by atoms with E-state index in [1.54, 1.807) is 4.90 Å². The Kier molecular flexibility index (Phi) is 8.11. The van der Waals surface area contributed by atoms with Crippen molar-refractivity contribution in [3.63, 3.8) is 0 Å². The van der Waals surface area contributed by atoms with Crippen molar-refractivity contribution in [2.24, 2.45) is 40.7 Å². The van der Waals surface area contributed by atoms with E-state index in [0.29, 0.717) is 25.8 Å². The van der Waals surface area contributed by atoms with Crippen LogP contribution in [0.5, 0.6) is 0 Å². The summed E-state index contributed by atoms with van der Waals surface area (Å²) in [5, 5.41) is 5.67. The van der Waals surface area contributed by atoms with E-state index in [1.165, 1.54) is 0 Å². The molecule has 4 aliphatic rings. The summed E-state index contributed by atoms with van der Waals surface area (Å²) >= 11 is 0. The number of amides is 4. The molecule has 3 fully saturated rings. The first-order valence-corrected chi connectivity index (χ1v) is 15.3. The second-order valence-corrected chi connectivity index (χ2v) is 13.8. The molecule has 2 saturated carbocycles. The van der Waals surface area contributed by atoms with Gasteiger partial charge >= 0.3 is 6.09 Å². The second-order valence-electron chi connectivity index (χ2n) is 13.8. The molecule has 0 unspecified atom stereocenters. The number of ether oxygens (including phenoxy) is 1. The Bertz CT molecular complexity index is 1250.